The first-order valence-corrected chi connectivity index (χ1v) is 6.28. The summed E-state index contributed by atoms with van der Waals surface area (Å²) in [6.07, 6.45) is 0.211. The molecule has 15 heavy (non-hydrogen) atoms. The molecule has 3 unspecified atom stereocenters. The summed E-state index contributed by atoms with van der Waals surface area (Å²) in [7, 11) is 1.73. The van der Waals surface area contributed by atoms with Crippen molar-refractivity contribution < 1.29 is 4.74 Å². The van der Waals surface area contributed by atoms with Gasteiger partial charge in [-0.1, -0.05) is 11.6 Å². The molecular weight excluding hydrogens is 230 g/mol. The van der Waals surface area contributed by atoms with Crippen molar-refractivity contribution in [2.75, 3.05) is 7.11 Å². The highest BCUT2D eigenvalue weighted by atomic mass is 35.5. The quantitative estimate of drug-likeness (QED) is 0.860. The largest absolute Gasteiger partial charge is 0.380 e. The number of hydrogen-bond acceptors (Lipinski definition) is 3. The van der Waals surface area contributed by atoms with Crippen LogP contribution in [-0.4, -0.2) is 19.3 Å². The van der Waals surface area contributed by atoms with Gasteiger partial charge in [-0.05, 0) is 32.9 Å². The first-order valence-electron chi connectivity index (χ1n) is 5.08. The molecular formula is C11H18ClNOS. The topological polar surface area (TPSA) is 21.3 Å². The van der Waals surface area contributed by atoms with Gasteiger partial charge in [0.2, 0.25) is 0 Å². The van der Waals surface area contributed by atoms with Gasteiger partial charge < -0.3 is 10.1 Å². The molecule has 4 heteroatoms. The molecule has 0 aliphatic heterocycles. The molecule has 3 atom stereocenters. The molecule has 1 rings (SSSR count). The van der Waals surface area contributed by atoms with Gasteiger partial charge in [0.1, 0.15) is 0 Å². The van der Waals surface area contributed by atoms with Crippen LogP contribution in [0, 0.1) is 0 Å². The average Bonchev–Trinajstić information content (AvgIpc) is 2.63. The highest BCUT2D eigenvalue weighted by molar-refractivity contribution is 7.16. The van der Waals surface area contributed by atoms with Crippen LogP contribution in [0.1, 0.15) is 31.7 Å². The van der Waals surface area contributed by atoms with Gasteiger partial charge >= 0.3 is 0 Å². The summed E-state index contributed by atoms with van der Waals surface area (Å²) in [5.41, 5.74) is 0. The Kier molecular flexibility index (Phi) is 5.06. The first-order chi connectivity index (χ1) is 7.04. The predicted octanol–water partition coefficient (Wildman–Crippen LogP) is 3.48. The number of nitrogens with one attached hydrogen (secondary N) is 1. The minimum absolute atomic E-state index is 0.211. The van der Waals surface area contributed by atoms with Gasteiger partial charge in [0.15, 0.2) is 0 Å². The van der Waals surface area contributed by atoms with E-state index in [-0.39, 0.29) is 6.10 Å². The fourth-order valence-corrected chi connectivity index (χ4v) is 2.45. The molecule has 0 fully saturated rings. The summed E-state index contributed by atoms with van der Waals surface area (Å²) in [4.78, 5) is 1.26. The Labute approximate surface area is 101 Å². The summed E-state index contributed by atoms with van der Waals surface area (Å²) in [6, 6.07) is 4.64. The highest BCUT2D eigenvalue weighted by Crippen LogP contribution is 2.27. The second-order valence-electron chi connectivity index (χ2n) is 3.76. The Hall–Kier alpha value is -0.0900. The molecule has 86 valence electrons. The molecule has 0 radical (unpaired) electrons. The molecule has 0 saturated heterocycles. The van der Waals surface area contributed by atoms with Crippen LogP contribution in [-0.2, 0) is 4.74 Å². The van der Waals surface area contributed by atoms with E-state index in [0.717, 1.165) is 4.34 Å². The van der Waals surface area contributed by atoms with Crippen molar-refractivity contribution in [3.63, 3.8) is 0 Å². The second kappa shape index (κ2) is 5.85. The molecule has 0 aromatic carbocycles. The zero-order valence-corrected chi connectivity index (χ0v) is 11.2. The van der Waals surface area contributed by atoms with Crippen molar-refractivity contribution in [2.24, 2.45) is 0 Å². The minimum atomic E-state index is 0.211. The normalized spacial score (nSPS) is 17.4. The van der Waals surface area contributed by atoms with Crippen LogP contribution in [0.4, 0.5) is 0 Å². The van der Waals surface area contributed by atoms with Crippen molar-refractivity contribution in [3.8, 4) is 0 Å². The molecule has 1 aromatic rings. The van der Waals surface area contributed by atoms with E-state index in [1.807, 2.05) is 6.07 Å². The lowest BCUT2D eigenvalue weighted by Crippen LogP contribution is -2.37. The maximum atomic E-state index is 5.90. The summed E-state index contributed by atoms with van der Waals surface area (Å²) < 4.78 is 6.11. The van der Waals surface area contributed by atoms with Gasteiger partial charge in [-0.3, -0.25) is 0 Å². The molecule has 1 N–H and O–H groups in total. The van der Waals surface area contributed by atoms with Crippen LogP contribution in [0.3, 0.4) is 0 Å². The first kappa shape index (κ1) is 13.0. The summed E-state index contributed by atoms with van der Waals surface area (Å²) in [6.45, 7) is 6.33. The highest BCUT2D eigenvalue weighted by Gasteiger charge is 2.15. The van der Waals surface area contributed by atoms with Crippen LogP contribution in [0.15, 0.2) is 12.1 Å². The molecule has 0 bridgehead atoms. The van der Waals surface area contributed by atoms with E-state index in [1.54, 1.807) is 18.4 Å². The van der Waals surface area contributed by atoms with Crippen LogP contribution in [0.25, 0.3) is 0 Å². The fraction of sp³-hybridized carbons (Fsp3) is 0.636. The number of methoxy groups -OCH3 is 1. The van der Waals surface area contributed by atoms with Crippen molar-refractivity contribution in [1.82, 2.24) is 5.32 Å². The molecule has 0 aliphatic rings. The van der Waals surface area contributed by atoms with Gasteiger partial charge in [-0.2, -0.15) is 0 Å². The molecule has 0 saturated carbocycles. The molecule has 1 aromatic heterocycles. The average molecular weight is 248 g/mol. The number of rotatable bonds is 5. The Morgan fingerprint density at radius 1 is 1.33 bits per heavy atom. The van der Waals surface area contributed by atoms with Crippen molar-refractivity contribution >= 4 is 22.9 Å². The number of thiophene rings is 1. The summed E-state index contributed by atoms with van der Waals surface area (Å²) in [5, 5.41) is 3.49. The van der Waals surface area contributed by atoms with E-state index in [2.05, 4.69) is 32.2 Å². The van der Waals surface area contributed by atoms with Crippen LogP contribution in [0.5, 0.6) is 0 Å². The Morgan fingerprint density at radius 2 is 2.00 bits per heavy atom. The van der Waals surface area contributed by atoms with Gasteiger partial charge in [-0.15, -0.1) is 11.3 Å². The second-order valence-corrected chi connectivity index (χ2v) is 5.51. The predicted molar refractivity (Wildman–Crippen MR) is 66.8 cm³/mol. The SMILES string of the molecule is COC(C)C(C)NC(C)c1ccc(Cl)s1. The van der Waals surface area contributed by atoms with Gasteiger partial charge in [0, 0.05) is 24.1 Å². The number of halogens is 1. The lowest BCUT2D eigenvalue weighted by Gasteiger charge is -2.23. The standard InChI is InChI=1S/C11H18ClNOS/c1-7(9(3)14-4)13-8(2)10-5-6-11(12)15-10/h5-9,13H,1-4H3. The van der Waals surface area contributed by atoms with E-state index < -0.39 is 0 Å². The molecule has 1 heterocycles. The van der Waals surface area contributed by atoms with Crippen LogP contribution in [0.2, 0.25) is 4.34 Å². The molecule has 0 aliphatic carbocycles. The van der Waals surface area contributed by atoms with E-state index in [0.29, 0.717) is 12.1 Å². The fourth-order valence-electron chi connectivity index (χ4n) is 1.38. The van der Waals surface area contributed by atoms with Crippen molar-refractivity contribution in [2.45, 2.75) is 39.0 Å². The van der Waals surface area contributed by atoms with E-state index in [9.17, 15) is 0 Å². The molecule has 2 nitrogen and oxygen atoms in total. The summed E-state index contributed by atoms with van der Waals surface area (Å²) >= 11 is 7.52. The molecule has 0 spiro atoms. The third-order valence-corrected chi connectivity index (χ3v) is 4.02. The zero-order valence-electron chi connectivity index (χ0n) is 9.58. The van der Waals surface area contributed by atoms with Gasteiger partial charge in [-0.25, -0.2) is 0 Å². The number of hydrogen-bond donors (Lipinski definition) is 1. The van der Waals surface area contributed by atoms with E-state index >= 15 is 0 Å². The van der Waals surface area contributed by atoms with Crippen molar-refractivity contribution in [3.05, 3.63) is 21.3 Å². The Bertz CT molecular complexity index is 303. The maximum Gasteiger partial charge on any atom is 0.0931 e. The Morgan fingerprint density at radius 3 is 2.47 bits per heavy atom. The lowest BCUT2D eigenvalue weighted by atomic mass is 10.1. The maximum absolute atomic E-state index is 5.90. The van der Waals surface area contributed by atoms with E-state index in [1.165, 1.54) is 4.88 Å². The van der Waals surface area contributed by atoms with Gasteiger partial charge in [0.25, 0.3) is 0 Å². The lowest BCUT2D eigenvalue weighted by molar-refractivity contribution is 0.0853. The van der Waals surface area contributed by atoms with Crippen LogP contribution < -0.4 is 5.32 Å². The molecule has 0 amide bonds. The number of ether oxygens (including phenoxy) is 1. The van der Waals surface area contributed by atoms with Gasteiger partial charge in [0.05, 0.1) is 10.4 Å². The smallest absolute Gasteiger partial charge is 0.0931 e. The zero-order chi connectivity index (χ0) is 11.4. The monoisotopic (exact) mass is 247 g/mol. The summed E-state index contributed by atoms with van der Waals surface area (Å²) in [5.74, 6) is 0. The third-order valence-electron chi connectivity index (χ3n) is 2.61. The minimum Gasteiger partial charge on any atom is -0.380 e. The van der Waals surface area contributed by atoms with Crippen molar-refractivity contribution in [1.29, 1.82) is 0 Å². The van der Waals surface area contributed by atoms with Crippen LogP contribution >= 0.6 is 22.9 Å². The Balaban J connectivity index is 2.52. The third kappa shape index (κ3) is 3.76. The van der Waals surface area contributed by atoms with E-state index in [4.69, 9.17) is 16.3 Å².